The van der Waals surface area contributed by atoms with Crippen molar-refractivity contribution < 1.29 is 9.59 Å². The van der Waals surface area contributed by atoms with Gasteiger partial charge in [0.1, 0.15) is 0 Å². The average molecular weight is 314 g/mol. The topological polar surface area (TPSA) is 49.4 Å². The molecule has 4 heteroatoms. The Bertz CT molecular complexity index is 547. The van der Waals surface area contributed by atoms with E-state index in [0.717, 1.165) is 13.0 Å². The molecule has 0 radical (unpaired) electrons. The van der Waals surface area contributed by atoms with Crippen LogP contribution < -0.4 is 5.32 Å². The van der Waals surface area contributed by atoms with E-state index in [1.165, 1.54) is 37.7 Å². The highest BCUT2D eigenvalue weighted by atomic mass is 16.2. The lowest BCUT2D eigenvalue weighted by atomic mass is 9.84. The van der Waals surface area contributed by atoms with Crippen molar-refractivity contribution in [2.75, 3.05) is 19.6 Å². The Morgan fingerprint density at radius 2 is 1.83 bits per heavy atom. The standard InChI is InChI=1S/C19H26N2O2/c22-18-7-4-13-21(18)14-12-20-19(23)17-10-8-16(9-11-17)15-5-2-1-3-6-15/h8-11,15H,1-7,12-14H2,(H,20,23). The normalized spacial score (nSPS) is 19.1. The number of amides is 2. The van der Waals surface area contributed by atoms with Crippen molar-refractivity contribution in [1.82, 2.24) is 10.2 Å². The molecule has 4 nitrogen and oxygen atoms in total. The van der Waals surface area contributed by atoms with Crippen molar-refractivity contribution in [2.45, 2.75) is 50.9 Å². The van der Waals surface area contributed by atoms with Crippen LogP contribution in [0.1, 0.15) is 66.8 Å². The molecule has 1 aliphatic carbocycles. The summed E-state index contributed by atoms with van der Waals surface area (Å²) in [6.45, 7) is 1.96. The van der Waals surface area contributed by atoms with Crippen molar-refractivity contribution in [3.63, 3.8) is 0 Å². The van der Waals surface area contributed by atoms with Crippen molar-refractivity contribution in [3.8, 4) is 0 Å². The lowest BCUT2D eigenvalue weighted by Crippen LogP contribution is -2.35. The van der Waals surface area contributed by atoms with Gasteiger partial charge in [0.2, 0.25) is 5.91 Å². The summed E-state index contributed by atoms with van der Waals surface area (Å²) in [5.74, 6) is 0.824. The van der Waals surface area contributed by atoms with Crippen molar-refractivity contribution in [1.29, 1.82) is 0 Å². The quantitative estimate of drug-likeness (QED) is 0.908. The predicted octanol–water partition coefficient (Wildman–Crippen LogP) is 3.09. The predicted molar refractivity (Wildman–Crippen MR) is 90.4 cm³/mol. The maximum absolute atomic E-state index is 12.2. The number of nitrogens with zero attached hydrogens (tertiary/aromatic N) is 1. The third-order valence-corrected chi connectivity index (χ3v) is 5.09. The molecule has 124 valence electrons. The third kappa shape index (κ3) is 4.12. The van der Waals surface area contributed by atoms with E-state index in [-0.39, 0.29) is 11.8 Å². The van der Waals surface area contributed by atoms with E-state index in [4.69, 9.17) is 0 Å². The van der Waals surface area contributed by atoms with E-state index < -0.39 is 0 Å². The van der Waals surface area contributed by atoms with Crippen LogP contribution in [0.2, 0.25) is 0 Å². The zero-order valence-electron chi connectivity index (χ0n) is 13.7. The molecular weight excluding hydrogens is 288 g/mol. The second-order valence-corrected chi connectivity index (χ2v) is 6.70. The summed E-state index contributed by atoms with van der Waals surface area (Å²) in [7, 11) is 0. The fraction of sp³-hybridized carbons (Fsp3) is 0.579. The maximum atomic E-state index is 12.2. The van der Waals surface area contributed by atoms with E-state index in [0.29, 0.717) is 31.0 Å². The van der Waals surface area contributed by atoms with Gasteiger partial charge in [-0.15, -0.1) is 0 Å². The Balaban J connectivity index is 1.48. The Kier molecular flexibility index (Phi) is 5.31. The molecule has 23 heavy (non-hydrogen) atoms. The second-order valence-electron chi connectivity index (χ2n) is 6.70. The summed E-state index contributed by atoms with van der Waals surface area (Å²) in [5.41, 5.74) is 2.07. The molecule has 1 aromatic rings. The molecule has 1 N–H and O–H groups in total. The van der Waals surface area contributed by atoms with E-state index in [1.807, 2.05) is 17.0 Å². The largest absolute Gasteiger partial charge is 0.350 e. The fourth-order valence-corrected chi connectivity index (χ4v) is 3.69. The first-order valence-electron chi connectivity index (χ1n) is 8.90. The summed E-state index contributed by atoms with van der Waals surface area (Å²) in [4.78, 5) is 25.5. The SMILES string of the molecule is O=C(NCCN1CCCC1=O)c1ccc(C2CCCCC2)cc1. The molecule has 2 amide bonds. The number of carbonyl (C=O) groups excluding carboxylic acids is 2. The van der Waals surface area contributed by atoms with Crippen molar-refractivity contribution in [2.24, 2.45) is 0 Å². The zero-order valence-corrected chi connectivity index (χ0v) is 13.7. The first kappa shape index (κ1) is 16.0. The molecule has 0 spiro atoms. The van der Waals surface area contributed by atoms with E-state index in [2.05, 4.69) is 17.4 Å². The third-order valence-electron chi connectivity index (χ3n) is 5.09. The van der Waals surface area contributed by atoms with Crippen LogP contribution in [-0.2, 0) is 4.79 Å². The summed E-state index contributed by atoms with van der Waals surface area (Å²) in [6.07, 6.45) is 8.14. The second kappa shape index (κ2) is 7.62. The smallest absolute Gasteiger partial charge is 0.251 e. The molecule has 0 atom stereocenters. The molecule has 2 aliphatic rings. The van der Waals surface area contributed by atoms with Gasteiger partial charge in [0.25, 0.3) is 5.91 Å². The first-order chi connectivity index (χ1) is 11.2. The number of benzene rings is 1. The highest BCUT2D eigenvalue weighted by Gasteiger charge is 2.19. The van der Waals surface area contributed by atoms with Gasteiger partial charge in [-0.3, -0.25) is 9.59 Å². The van der Waals surface area contributed by atoms with Crippen LogP contribution in [0.25, 0.3) is 0 Å². The summed E-state index contributed by atoms with van der Waals surface area (Å²) in [5, 5.41) is 2.91. The minimum atomic E-state index is -0.0492. The number of nitrogens with one attached hydrogen (secondary N) is 1. The Labute approximate surface area is 138 Å². The van der Waals surface area contributed by atoms with Crippen LogP contribution in [0.3, 0.4) is 0 Å². The van der Waals surface area contributed by atoms with Crippen LogP contribution in [0.4, 0.5) is 0 Å². The maximum Gasteiger partial charge on any atom is 0.251 e. The minimum Gasteiger partial charge on any atom is -0.350 e. The van der Waals surface area contributed by atoms with Gasteiger partial charge in [0.15, 0.2) is 0 Å². The number of rotatable bonds is 5. The Hall–Kier alpha value is -1.84. The van der Waals surface area contributed by atoms with Gasteiger partial charge in [-0.05, 0) is 42.9 Å². The van der Waals surface area contributed by atoms with Crippen molar-refractivity contribution >= 4 is 11.8 Å². The molecule has 0 aromatic heterocycles. The molecule has 0 bridgehead atoms. The van der Waals surface area contributed by atoms with Gasteiger partial charge in [-0.1, -0.05) is 31.4 Å². The highest BCUT2D eigenvalue weighted by Crippen LogP contribution is 2.32. The Morgan fingerprint density at radius 1 is 1.09 bits per heavy atom. The molecule has 1 aliphatic heterocycles. The molecule has 1 saturated carbocycles. The van der Waals surface area contributed by atoms with Gasteiger partial charge in [-0.2, -0.15) is 0 Å². The van der Waals surface area contributed by atoms with Gasteiger partial charge in [0.05, 0.1) is 0 Å². The molecule has 1 saturated heterocycles. The highest BCUT2D eigenvalue weighted by molar-refractivity contribution is 5.94. The van der Waals surface area contributed by atoms with Crippen LogP contribution in [0.5, 0.6) is 0 Å². The average Bonchev–Trinajstić information content (AvgIpc) is 3.01. The van der Waals surface area contributed by atoms with E-state index in [1.54, 1.807) is 0 Å². The molecule has 1 aromatic carbocycles. The summed E-state index contributed by atoms with van der Waals surface area (Å²) in [6, 6.07) is 8.07. The molecule has 1 heterocycles. The lowest BCUT2D eigenvalue weighted by Gasteiger charge is -2.22. The first-order valence-corrected chi connectivity index (χ1v) is 8.90. The number of hydrogen-bond donors (Lipinski definition) is 1. The van der Waals surface area contributed by atoms with Crippen LogP contribution >= 0.6 is 0 Å². The van der Waals surface area contributed by atoms with E-state index >= 15 is 0 Å². The van der Waals surface area contributed by atoms with Gasteiger partial charge in [0, 0.05) is 31.6 Å². The summed E-state index contributed by atoms with van der Waals surface area (Å²) >= 11 is 0. The number of carbonyl (C=O) groups is 2. The van der Waals surface area contributed by atoms with Gasteiger partial charge >= 0.3 is 0 Å². The minimum absolute atomic E-state index is 0.0492. The van der Waals surface area contributed by atoms with Gasteiger partial charge < -0.3 is 10.2 Å². The number of likely N-dealkylation sites (tertiary alicyclic amines) is 1. The van der Waals surface area contributed by atoms with Crippen LogP contribution in [0, 0.1) is 0 Å². The molecule has 2 fully saturated rings. The monoisotopic (exact) mass is 314 g/mol. The molecule has 3 rings (SSSR count). The van der Waals surface area contributed by atoms with Crippen molar-refractivity contribution in [3.05, 3.63) is 35.4 Å². The fourth-order valence-electron chi connectivity index (χ4n) is 3.69. The number of hydrogen-bond acceptors (Lipinski definition) is 2. The molecular formula is C19H26N2O2. The molecule has 0 unspecified atom stereocenters. The zero-order chi connectivity index (χ0) is 16.1. The Morgan fingerprint density at radius 3 is 2.48 bits per heavy atom. The van der Waals surface area contributed by atoms with Gasteiger partial charge in [-0.25, -0.2) is 0 Å². The van der Waals surface area contributed by atoms with E-state index in [9.17, 15) is 9.59 Å². The summed E-state index contributed by atoms with van der Waals surface area (Å²) < 4.78 is 0. The lowest BCUT2D eigenvalue weighted by molar-refractivity contribution is -0.127. The van der Waals surface area contributed by atoms with Crippen LogP contribution in [-0.4, -0.2) is 36.3 Å². The van der Waals surface area contributed by atoms with Crippen LogP contribution in [0.15, 0.2) is 24.3 Å².